The van der Waals surface area contributed by atoms with Gasteiger partial charge in [-0.25, -0.2) is 4.39 Å². The molecule has 0 bridgehead atoms. The Hall–Kier alpha value is -2.17. The summed E-state index contributed by atoms with van der Waals surface area (Å²) in [7, 11) is 1.37. The van der Waals surface area contributed by atoms with Crippen molar-refractivity contribution < 1.29 is 13.9 Å². The van der Waals surface area contributed by atoms with E-state index in [0.29, 0.717) is 12.2 Å². The zero-order valence-corrected chi connectivity index (χ0v) is 11.1. The van der Waals surface area contributed by atoms with Gasteiger partial charge < -0.3 is 4.74 Å². The summed E-state index contributed by atoms with van der Waals surface area (Å²) >= 11 is 0. The van der Waals surface area contributed by atoms with E-state index in [4.69, 9.17) is 4.74 Å². The number of methoxy groups -OCH3 is 1. The van der Waals surface area contributed by atoms with Gasteiger partial charge in [0.05, 0.1) is 18.4 Å². The van der Waals surface area contributed by atoms with Crippen molar-refractivity contribution in [2.75, 3.05) is 7.11 Å². The van der Waals surface area contributed by atoms with E-state index in [2.05, 4.69) is 5.10 Å². The molecular weight excluding hydrogens is 247 g/mol. The maximum atomic E-state index is 14.1. The number of halogens is 1. The highest BCUT2D eigenvalue weighted by Crippen LogP contribution is 2.22. The first-order chi connectivity index (χ1) is 9.08. The quantitative estimate of drug-likeness (QED) is 0.795. The highest BCUT2D eigenvalue weighted by Gasteiger charge is 2.20. The fraction of sp³-hybridized carbons (Fsp3) is 0.286. The van der Waals surface area contributed by atoms with Crippen molar-refractivity contribution in [3.63, 3.8) is 0 Å². The van der Waals surface area contributed by atoms with Crippen LogP contribution in [-0.4, -0.2) is 22.7 Å². The molecule has 0 aliphatic rings. The van der Waals surface area contributed by atoms with Crippen molar-refractivity contribution >= 4 is 5.78 Å². The topological polar surface area (TPSA) is 44.1 Å². The molecule has 4 nitrogen and oxygen atoms in total. The Kier molecular flexibility index (Phi) is 3.64. The van der Waals surface area contributed by atoms with E-state index in [1.54, 1.807) is 23.7 Å². The molecular formula is C14H15FN2O2. The summed E-state index contributed by atoms with van der Waals surface area (Å²) in [5.74, 6) is -0.972. The highest BCUT2D eigenvalue weighted by molar-refractivity contribution is 6.08. The largest absolute Gasteiger partial charge is 0.494 e. The molecule has 0 aliphatic heterocycles. The molecule has 0 radical (unpaired) electrons. The maximum Gasteiger partial charge on any atom is 0.214 e. The summed E-state index contributed by atoms with van der Waals surface area (Å²) in [5, 5.41) is 4.19. The van der Waals surface area contributed by atoms with Crippen LogP contribution in [0.3, 0.4) is 0 Å². The molecule has 0 saturated carbocycles. The second kappa shape index (κ2) is 5.22. The zero-order chi connectivity index (χ0) is 14.0. The minimum absolute atomic E-state index is 0.00560. The van der Waals surface area contributed by atoms with Crippen LogP contribution in [0.5, 0.6) is 5.75 Å². The average molecular weight is 262 g/mol. The Morgan fingerprint density at radius 3 is 2.84 bits per heavy atom. The number of aromatic nitrogens is 2. The van der Waals surface area contributed by atoms with Gasteiger partial charge >= 0.3 is 0 Å². The van der Waals surface area contributed by atoms with E-state index in [9.17, 15) is 9.18 Å². The number of carbonyl (C=O) groups is 1. The number of ketones is 1. The van der Waals surface area contributed by atoms with E-state index < -0.39 is 5.82 Å². The number of hydrogen-bond acceptors (Lipinski definition) is 3. The van der Waals surface area contributed by atoms with E-state index in [0.717, 1.165) is 5.69 Å². The van der Waals surface area contributed by atoms with Gasteiger partial charge in [-0.2, -0.15) is 5.10 Å². The van der Waals surface area contributed by atoms with E-state index >= 15 is 0 Å². The van der Waals surface area contributed by atoms with Gasteiger partial charge in [0.25, 0.3) is 0 Å². The highest BCUT2D eigenvalue weighted by atomic mass is 19.1. The molecule has 2 aromatic rings. The van der Waals surface area contributed by atoms with Gasteiger partial charge in [-0.1, -0.05) is 6.07 Å². The van der Waals surface area contributed by atoms with Crippen LogP contribution in [0.2, 0.25) is 0 Å². The third kappa shape index (κ3) is 2.36. The van der Waals surface area contributed by atoms with Crippen LogP contribution >= 0.6 is 0 Å². The summed E-state index contributed by atoms with van der Waals surface area (Å²) in [6.45, 7) is 4.23. The van der Waals surface area contributed by atoms with Gasteiger partial charge in [-0.15, -0.1) is 0 Å². The van der Waals surface area contributed by atoms with Crippen molar-refractivity contribution in [2.45, 2.75) is 20.4 Å². The molecule has 0 aliphatic carbocycles. The monoisotopic (exact) mass is 262 g/mol. The summed E-state index contributed by atoms with van der Waals surface area (Å²) in [6.07, 6.45) is 0. The molecule has 2 rings (SSSR count). The van der Waals surface area contributed by atoms with Gasteiger partial charge in [0, 0.05) is 6.54 Å². The summed E-state index contributed by atoms with van der Waals surface area (Å²) in [5.41, 5.74) is 1.11. The van der Waals surface area contributed by atoms with Crippen LogP contribution in [0.25, 0.3) is 0 Å². The molecule has 100 valence electrons. The average Bonchev–Trinajstić information content (AvgIpc) is 2.79. The third-order valence-electron chi connectivity index (χ3n) is 2.86. The number of benzene rings is 1. The molecule has 1 aromatic heterocycles. The van der Waals surface area contributed by atoms with Crippen LogP contribution in [0, 0.1) is 12.7 Å². The Morgan fingerprint density at radius 1 is 1.47 bits per heavy atom. The van der Waals surface area contributed by atoms with Crippen LogP contribution in [0.4, 0.5) is 4.39 Å². The Balaban J connectivity index is 2.50. The van der Waals surface area contributed by atoms with Crippen molar-refractivity contribution in [3.8, 4) is 5.75 Å². The maximum absolute atomic E-state index is 14.1. The summed E-state index contributed by atoms with van der Waals surface area (Å²) in [4.78, 5) is 12.4. The number of rotatable bonds is 4. The van der Waals surface area contributed by atoms with Crippen molar-refractivity contribution in [1.29, 1.82) is 0 Å². The number of ether oxygens (including phenoxy) is 1. The number of nitrogens with zero attached hydrogens (tertiary/aromatic N) is 2. The molecule has 19 heavy (non-hydrogen) atoms. The van der Waals surface area contributed by atoms with E-state index in [1.807, 2.05) is 6.92 Å². The van der Waals surface area contributed by atoms with E-state index in [1.165, 1.54) is 19.2 Å². The zero-order valence-electron chi connectivity index (χ0n) is 11.1. The number of aryl methyl sites for hydroxylation is 2. The summed E-state index contributed by atoms with van der Waals surface area (Å²) < 4.78 is 20.5. The van der Waals surface area contributed by atoms with Crippen LogP contribution < -0.4 is 4.74 Å². The molecule has 0 amide bonds. The molecule has 0 fully saturated rings. The lowest BCUT2D eigenvalue weighted by Gasteiger charge is -2.07. The molecule has 0 unspecified atom stereocenters. The fourth-order valence-corrected chi connectivity index (χ4v) is 1.95. The van der Waals surface area contributed by atoms with Crippen molar-refractivity contribution in [2.24, 2.45) is 0 Å². The second-order valence-electron chi connectivity index (χ2n) is 4.14. The number of hydrogen-bond donors (Lipinski definition) is 0. The molecule has 1 aromatic carbocycles. The van der Waals surface area contributed by atoms with Crippen LogP contribution in [0.1, 0.15) is 28.7 Å². The molecule has 0 saturated heterocycles. The van der Waals surface area contributed by atoms with Crippen molar-refractivity contribution in [1.82, 2.24) is 9.78 Å². The Bertz CT molecular complexity index is 620. The first-order valence-electron chi connectivity index (χ1n) is 6.00. The normalized spacial score (nSPS) is 10.5. The SMILES string of the molecule is CCn1nc(C)cc1C(=O)c1cccc(OC)c1F. The number of carbonyl (C=O) groups excluding carboxylic acids is 1. The van der Waals surface area contributed by atoms with Gasteiger partial charge in [-0.3, -0.25) is 9.48 Å². The lowest BCUT2D eigenvalue weighted by Crippen LogP contribution is -2.12. The molecule has 0 spiro atoms. The fourth-order valence-electron chi connectivity index (χ4n) is 1.95. The predicted molar refractivity (Wildman–Crippen MR) is 69.0 cm³/mol. The Labute approximate surface area is 110 Å². The van der Waals surface area contributed by atoms with Crippen LogP contribution in [0.15, 0.2) is 24.3 Å². The second-order valence-corrected chi connectivity index (χ2v) is 4.14. The first-order valence-corrected chi connectivity index (χ1v) is 6.00. The van der Waals surface area contributed by atoms with Crippen molar-refractivity contribution in [3.05, 3.63) is 47.0 Å². The van der Waals surface area contributed by atoms with E-state index in [-0.39, 0.29) is 17.1 Å². The smallest absolute Gasteiger partial charge is 0.214 e. The Morgan fingerprint density at radius 2 is 2.21 bits per heavy atom. The first kappa shape index (κ1) is 13.3. The lowest BCUT2D eigenvalue weighted by atomic mass is 10.1. The summed E-state index contributed by atoms with van der Waals surface area (Å²) in [6, 6.07) is 6.18. The third-order valence-corrected chi connectivity index (χ3v) is 2.86. The predicted octanol–water partition coefficient (Wildman–Crippen LogP) is 2.59. The standard InChI is InChI=1S/C14H15FN2O2/c1-4-17-11(8-9(2)16-17)14(18)10-6-5-7-12(19-3)13(10)15/h5-8H,4H2,1-3H3. The molecule has 0 atom stereocenters. The van der Waals surface area contributed by atoms with Gasteiger partial charge in [0.1, 0.15) is 5.69 Å². The van der Waals surface area contributed by atoms with Crippen LogP contribution in [-0.2, 0) is 6.54 Å². The minimum Gasteiger partial charge on any atom is -0.494 e. The van der Waals surface area contributed by atoms with Gasteiger partial charge in [-0.05, 0) is 32.0 Å². The minimum atomic E-state index is -0.642. The molecule has 5 heteroatoms. The lowest BCUT2D eigenvalue weighted by molar-refractivity contribution is 0.102. The molecule has 1 heterocycles. The van der Waals surface area contributed by atoms with Gasteiger partial charge in [0.15, 0.2) is 11.6 Å². The van der Waals surface area contributed by atoms with Gasteiger partial charge in [0.2, 0.25) is 5.78 Å². The molecule has 0 N–H and O–H groups in total.